The number of fused-ring (bicyclic) bond motifs is 1. The van der Waals surface area contributed by atoms with Gasteiger partial charge in [-0.1, -0.05) is 6.07 Å². The number of amides is 1. The Labute approximate surface area is 146 Å². The molecule has 25 heavy (non-hydrogen) atoms. The zero-order valence-electron chi connectivity index (χ0n) is 14.2. The molecule has 0 spiro atoms. The molecule has 0 radical (unpaired) electrons. The molecule has 1 amide bonds. The standard InChI is InChI=1S/C20H20N4O/c1-14-6-7-17(16-5-4-9-22-19(14)16)23-20(25)18-13-15(8-10-21-18)24-11-2-3-12-24/h4-10,13H,2-3,11-12H2,1H3,(H,23,25). The molecule has 4 rings (SSSR count). The number of anilines is 2. The predicted molar refractivity (Wildman–Crippen MR) is 100 cm³/mol. The third-order valence-corrected chi connectivity index (χ3v) is 4.67. The molecule has 5 nitrogen and oxygen atoms in total. The number of hydrogen-bond donors (Lipinski definition) is 1. The molecule has 1 fully saturated rings. The lowest BCUT2D eigenvalue weighted by atomic mass is 10.1. The Morgan fingerprint density at radius 2 is 1.92 bits per heavy atom. The van der Waals surface area contributed by atoms with Crippen LogP contribution in [0.1, 0.15) is 28.9 Å². The van der Waals surface area contributed by atoms with Crippen molar-refractivity contribution in [1.82, 2.24) is 9.97 Å². The summed E-state index contributed by atoms with van der Waals surface area (Å²) < 4.78 is 0. The van der Waals surface area contributed by atoms with Crippen LogP contribution >= 0.6 is 0 Å². The Hall–Kier alpha value is -2.95. The van der Waals surface area contributed by atoms with Crippen molar-refractivity contribution in [2.75, 3.05) is 23.3 Å². The van der Waals surface area contributed by atoms with Crippen molar-refractivity contribution in [3.8, 4) is 0 Å². The number of pyridine rings is 2. The SMILES string of the molecule is Cc1ccc(NC(=O)c2cc(N3CCCC3)ccn2)c2cccnc12. The summed E-state index contributed by atoms with van der Waals surface area (Å²) in [5.41, 5.74) is 4.24. The Balaban J connectivity index is 1.62. The van der Waals surface area contributed by atoms with Crippen LogP contribution in [0.15, 0.2) is 48.8 Å². The molecule has 1 aliphatic rings. The highest BCUT2D eigenvalue weighted by Crippen LogP contribution is 2.25. The fourth-order valence-corrected chi connectivity index (χ4v) is 3.32. The molecule has 1 aromatic carbocycles. The average molecular weight is 332 g/mol. The number of carbonyl (C=O) groups excluding carboxylic acids is 1. The molecule has 2 aromatic heterocycles. The van der Waals surface area contributed by atoms with Gasteiger partial charge >= 0.3 is 0 Å². The Morgan fingerprint density at radius 3 is 2.76 bits per heavy atom. The van der Waals surface area contributed by atoms with Crippen LogP contribution in [0.25, 0.3) is 10.9 Å². The third-order valence-electron chi connectivity index (χ3n) is 4.67. The summed E-state index contributed by atoms with van der Waals surface area (Å²) in [6, 6.07) is 11.6. The van der Waals surface area contributed by atoms with Crippen LogP contribution in [0.5, 0.6) is 0 Å². The maximum absolute atomic E-state index is 12.7. The van der Waals surface area contributed by atoms with Gasteiger partial charge in [-0.3, -0.25) is 14.8 Å². The van der Waals surface area contributed by atoms with Gasteiger partial charge in [-0.2, -0.15) is 0 Å². The minimum atomic E-state index is -0.199. The number of hydrogen-bond acceptors (Lipinski definition) is 4. The van der Waals surface area contributed by atoms with Crippen LogP contribution in [-0.2, 0) is 0 Å². The van der Waals surface area contributed by atoms with E-state index in [4.69, 9.17) is 0 Å². The predicted octanol–water partition coefficient (Wildman–Crippen LogP) is 3.79. The van der Waals surface area contributed by atoms with Gasteiger partial charge in [0.15, 0.2) is 0 Å². The van der Waals surface area contributed by atoms with Crippen molar-refractivity contribution < 1.29 is 4.79 Å². The second-order valence-corrected chi connectivity index (χ2v) is 6.38. The van der Waals surface area contributed by atoms with E-state index in [2.05, 4.69) is 20.2 Å². The van der Waals surface area contributed by atoms with E-state index in [0.717, 1.165) is 40.9 Å². The number of aromatic nitrogens is 2. The van der Waals surface area contributed by atoms with E-state index in [1.165, 1.54) is 12.8 Å². The van der Waals surface area contributed by atoms with Gasteiger partial charge in [0.1, 0.15) is 5.69 Å². The van der Waals surface area contributed by atoms with E-state index < -0.39 is 0 Å². The van der Waals surface area contributed by atoms with Crippen molar-refractivity contribution in [2.45, 2.75) is 19.8 Å². The number of nitrogens with one attached hydrogen (secondary N) is 1. The molecule has 1 saturated heterocycles. The summed E-state index contributed by atoms with van der Waals surface area (Å²) in [7, 11) is 0. The summed E-state index contributed by atoms with van der Waals surface area (Å²) in [6.45, 7) is 4.10. The largest absolute Gasteiger partial charge is 0.371 e. The topological polar surface area (TPSA) is 58.1 Å². The van der Waals surface area contributed by atoms with Crippen molar-refractivity contribution in [1.29, 1.82) is 0 Å². The molecule has 0 atom stereocenters. The van der Waals surface area contributed by atoms with Crippen molar-refractivity contribution in [2.24, 2.45) is 0 Å². The zero-order valence-corrected chi connectivity index (χ0v) is 14.2. The summed E-state index contributed by atoms with van der Waals surface area (Å²) in [4.78, 5) is 23.7. The molecule has 0 bridgehead atoms. The van der Waals surface area contributed by atoms with Crippen LogP contribution in [0.2, 0.25) is 0 Å². The second kappa shape index (κ2) is 6.51. The van der Waals surface area contributed by atoms with E-state index in [1.807, 2.05) is 43.3 Å². The normalized spacial score (nSPS) is 14.0. The highest BCUT2D eigenvalue weighted by molar-refractivity contribution is 6.08. The highest BCUT2D eigenvalue weighted by Gasteiger charge is 2.16. The van der Waals surface area contributed by atoms with Gasteiger partial charge in [-0.05, 0) is 55.7 Å². The van der Waals surface area contributed by atoms with Crippen LogP contribution in [0.4, 0.5) is 11.4 Å². The van der Waals surface area contributed by atoms with Crippen molar-refractivity contribution in [3.05, 3.63) is 60.0 Å². The van der Waals surface area contributed by atoms with Gasteiger partial charge in [0, 0.05) is 36.6 Å². The first kappa shape index (κ1) is 15.6. The molecule has 1 aliphatic heterocycles. The molecular weight excluding hydrogens is 312 g/mol. The van der Waals surface area contributed by atoms with E-state index in [0.29, 0.717) is 5.69 Å². The van der Waals surface area contributed by atoms with Gasteiger partial charge in [0.25, 0.3) is 5.91 Å². The molecule has 3 heterocycles. The third kappa shape index (κ3) is 3.05. The first-order valence-electron chi connectivity index (χ1n) is 8.59. The molecule has 5 heteroatoms. The highest BCUT2D eigenvalue weighted by atomic mass is 16.1. The van der Waals surface area contributed by atoms with Crippen LogP contribution in [-0.4, -0.2) is 29.0 Å². The minimum Gasteiger partial charge on any atom is -0.371 e. The van der Waals surface area contributed by atoms with E-state index >= 15 is 0 Å². The lowest BCUT2D eigenvalue weighted by Gasteiger charge is -2.18. The lowest BCUT2D eigenvalue weighted by molar-refractivity contribution is 0.102. The van der Waals surface area contributed by atoms with Gasteiger partial charge < -0.3 is 10.2 Å². The second-order valence-electron chi connectivity index (χ2n) is 6.38. The van der Waals surface area contributed by atoms with Crippen molar-refractivity contribution >= 4 is 28.2 Å². The van der Waals surface area contributed by atoms with E-state index in [-0.39, 0.29) is 5.91 Å². The molecule has 0 unspecified atom stereocenters. The first-order valence-corrected chi connectivity index (χ1v) is 8.59. The summed E-state index contributed by atoms with van der Waals surface area (Å²) in [5.74, 6) is -0.199. The fourth-order valence-electron chi connectivity index (χ4n) is 3.32. The summed E-state index contributed by atoms with van der Waals surface area (Å²) in [6.07, 6.45) is 5.87. The number of carbonyl (C=O) groups is 1. The Morgan fingerprint density at radius 1 is 1.08 bits per heavy atom. The number of aryl methyl sites for hydroxylation is 1. The Kier molecular flexibility index (Phi) is 4.06. The minimum absolute atomic E-state index is 0.199. The fraction of sp³-hybridized carbons (Fsp3) is 0.250. The molecular formula is C20H20N4O. The average Bonchev–Trinajstić information content (AvgIpc) is 3.19. The molecule has 126 valence electrons. The Bertz CT molecular complexity index is 932. The van der Waals surface area contributed by atoms with E-state index in [9.17, 15) is 4.79 Å². The summed E-state index contributed by atoms with van der Waals surface area (Å²) in [5, 5.41) is 3.92. The van der Waals surface area contributed by atoms with Crippen LogP contribution in [0.3, 0.4) is 0 Å². The van der Waals surface area contributed by atoms with Gasteiger partial charge in [-0.15, -0.1) is 0 Å². The quantitative estimate of drug-likeness (QED) is 0.793. The van der Waals surface area contributed by atoms with Crippen molar-refractivity contribution in [3.63, 3.8) is 0 Å². The van der Waals surface area contributed by atoms with Crippen LogP contribution in [0, 0.1) is 6.92 Å². The number of rotatable bonds is 3. The van der Waals surface area contributed by atoms with Crippen LogP contribution < -0.4 is 10.2 Å². The molecule has 0 saturated carbocycles. The maximum atomic E-state index is 12.7. The smallest absolute Gasteiger partial charge is 0.274 e. The number of nitrogens with zero attached hydrogens (tertiary/aromatic N) is 3. The van der Waals surface area contributed by atoms with Gasteiger partial charge in [0.2, 0.25) is 0 Å². The van der Waals surface area contributed by atoms with Gasteiger partial charge in [-0.25, -0.2) is 0 Å². The van der Waals surface area contributed by atoms with Gasteiger partial charge in [0.05, 0.1) is 11.2 Å². The molecule has 1 N–H and O–H groups in total. The summed E-state index contributed by atoms with van der Waals surface area (Å²) >= 11 is 0. The first-order chi connectivity index (χ1) is 12.2. The molecule has 3 aromatic rings. The maximum Gasteiger partial charge on any atom is 0.274 e. The van der Waals surface area contributed by atoms with E-state index in [1.54, 1.807) is 12.4 Å². The number of benzene rings is 1. The molecule has 0 aliphatic carbocycles. The monoisotopic (exact) mass is 332 g/mol. The lowest BCUT2D eigenvalue weighted by Crippen LogP contribution is -2.19. The zero-order chi connectivity index (χ0) is 17.2.